The molecule has 2 unspecified atom stereocenters. The SMILES string of the molecule is CCCCCC(C)C(=O)NCCOCCOCCN.CCOc1cc(OC)c(CN(CCOCCOCCCC(=O)OC(C)(C)C)C(=O)C(CCCCCC(C)=O)NC(C)=O)c(OC)c1. The fraction of sp³-hybridized carbons (Fsp3) is 0.771. The quantitative estimate of drug-likeness (QED) is 0.0521. The van der Waals surface area contributed by atoms with Gasteiger partial charge in [0.25, 0.3) is 0 Å². The molecular formula is C48H86N4O13. The first-order valence-electron chi connectivity index (χ1n) is 23.5. The summed E-state index contributed by atoms with van der Waals surface area (Å²) < 4.78 is 44.1. The number of hydrogen-bond donors (Lipinski definition) is 3. The van der Waals surface area contributed by atoms with Gasteiger partial charge in [-0.3, -0.25) is 19.2 Å². The second-order valence-electron chi connectivity index (χ2n) is 16.7. The van der Waals surface area contributed by atoms with Crippen LogP contribution in [0.1, 0.15) is 132 Å². The number of carbonyl (C=O) groups is 5. The van der Waals surface area contributed by atoms with Gasteiger partial charge in [-0.15, -0.1) is 0 Å². The number of rotatable bonds is 37. The largest absolute Gasteiger partial charge is 0.496 e. The monoisotopic (exact) mass is 927 g/mol. The third kappa shape index (κ3) is 32.3. The van der Waals surface area contributed by atoms with Crippen LogP contribution < -0.4 is 30.6 Å². The standard InChI is InChI=1S/C34H56N2O10.C14H30N2O3/c1-9-45-27-22-30(41-7)28(31(23-27)42-8)24-36(33(40)29(35-26(3)38)15-12-10-11-14-25(2)37)17-19-44-21-20-43-18-13-16-32(39)46-34(4,5)6;1-3-4-5-6-13(2)14(17)16-8-10-19-12-11-18-9-7-15/h22-23,29H,9-21,24H2,1-8H3,(H,35,38);13H,3-12,15H2,1-2H3,(H,16,17). The number of methoxy groups -OCH3 is 2. The van der Waals surface area contributed by atoms with E-state index in [2.05, 4.69) is 17.6 Å². The summed E-state index contributed by atoms with van der Waals surface area (Å²) in [4.78, 5) is 62.5. The summed E-state index contributed by atoms with van der Waals surface area (Å²) >= 11 is 0. The van der Waals surface area contributed by atoms with Gasteiger partial charge in [-0.2, -0.15) is 0 Å². The molecule has 0 aromatic heterocycles. The topological polar surface area (TPSA) is 213 Å². The molecule has 0 bridgehead atoms. The van der Waals surface area contributed by atoms with Crippen molar-refractivity contribution in [1.29, 1.82) is 0 Å². The highest BCUT2D eigenvalue weighted by molar-refractivity contribution is 5.87. The predicted octanol–water partition coefficient (Wildman–Crippen LogP) is 5.94. The molecule has 1 aromatic rings. The maximum absolute atomic E-state index is 13.9. The summed E-state index contributed by atoms with van der Waals surface area (Å²) in [7, 11) is 3.08. The van der Waals surface area contributed by atoms with Crippen molar-refractivity contribution in [3.05, 3.63) is 17.7 Å². The lowest BCUT2D eigenvalue weighted by Crippen LogP contribution is -2.48. The number of nitrogens with one attached hydrogen (secondary N) is 2. The second kappa shape index (κ2) is 38.1. The normalized spacial score (nSPS) is 12.0. The Kier molecular flexibility index (Phi) is 35.8. The number of carbonyl (C=O) groups excluding carboxylic acids is 5. The van der Waals surface area contributed by atoms with E-state index in [1.54, 1.807) is 24.0 Å². The molecule has 0 heterocycles. The van der Waals surface area contributed by atoms with Gasteiger partial charge in [0.15, 0.2) is 0 Å². The summed E-state index contributed by atoms with van der Waals surface area (Å²) in [5.41, 5.74) is 5.42. The number of benzene rings is 1. The van der Waals surface area contributed by atoms with Gasteiger partial charge in [-0.25, -0.2) is 0 Å². The molecule has 17 nitrogen and oxygen atoms in total. The van der Waals surface area contributed by atoms with Gasteiger partial charge in [0.1, 0.15) is 34.7 Å². The van der Waals surface area contributed by atoms with Gasteiger partial charge < -0.3 is 64.0 Å². The van der Waals surface area contributed by atoms with Gasteiger partial charge >= 0.3 is 5.97 Å². The van der Waals surface area contributed by atoms with Crippen molar-refractivity contribution < 1.29 is 61.9 Å². The summed E-state index contributed by atoms with van der Waals surface area (Å²) in [6.45, 7) is 19.8. The minimum absolute atomic E-state index is 0.0967. The van der Waals surface area contributed by atoms with Crippen LogP contribution in [0.15, 0.2) is 12.1 Å². The van der Waals surface area contributed by atoms with Crippen LogP contribution in [-0.2, 0) is 54.2 Å². The number of ketones is 1. The third-order valence-corrected chi connectivity index (χ3v) is 9.59. The maximum Gasteiger partial charge on any atom is 0.306 e. The molecule has 1 rings (SSSR count). The molecule has 0 aliphatic carbocycles. The molecule has 0 fully saturated rings. The zero-order valence-corrected chi connectivity index (χ0v) is 41.6. The lowest BCUT2D eigenvalue weighted by molar-refractivity contribution is -0.155. The van der Waals surface area contributed by atoms with E-state index in [9.17, 15) is 24.0 Å². The number of Topliss-reactive ketones (excluding diaryl/α,β-unsaturated/α-hetero) is 1. The Morgan fingerprint density at radius 2 is 1.34 bits per heavy atom. The fourth-order valence-electron chi connectivity index (χ4n) is 6.31. The Bertz CT molecular complexity index is 1430. The number of esters is 1. The van der Waals surface area contributed by atoms with Crippen molar-refractivity contribution in [2.45, 2.75) is 144 Å². The van der Waals surface area contributed by atoms with E-state index in [1.165, 1.54) is 34.0 Å². The van der Waals surface area contributed by atoms with Crippen LogP contribution in [-0.4, -0.2) is 139 Å². The lowest BCUT2D eigenvalue weighted by Gasteiger charge is -2.29. The van der Waals surface area contributed by atoms with Gasteiger partial charge in [-0.1, -0.05) is 46.0 Å². The molecule has 376 valence electrons. The van der Waals surface area contributed by atoms with Crippen molar-refractivity contribution in [2.24, 2.45) is 11.7 Å². The molecule has 3 amide bonds. The number of nitrogens with two attached hydrogens (primary N) is 1. The molecule has 2 atom stereocenters. The van der Waals surface area contributed by atoms with E-state index in [0.29, 0.717) is 114 Å². The minimum Gasteiger partial charge on any atom is -0.496 e. The van der Waals surface area contributed by atoms with E-state index < -0.39 is 11.6 Å². The Hall–Kier alpha value is -4.03. The van der Waals surface area contributed by atoms with Crippen molar-refractivity contribution >= 4 is 29.5 Å². The number of amides is 3. The molecule has 4 N–H and O–H groups in total. The van der Waals surface area contributed by atoms with E-state index in [4.69, 9.17) is 43.6 Å². The highest BCUT2D eigenvalue weighted by Crippen LogP contribution is 2.35. The average molecular weight is 927 g/mol. The minimum atomic E-state index is -0.747. The van der Waals surface area contributed by atoms with Crippen LogP contribution in [0.4, 0.5) is 0 Å². The first-order valence-corrected chi connectivity index (χ1v) is 23.5. The van der Waals surface area contributed by atoms with Crippen molar-refractivity contribution in [3.63, 3.8) is 0 Å². The Labute approximate surface area is 390 Å². The van der Waals surface area contributed by atoms with E-state index in [1.807, 2.05) is 34.6 Å². The van der Waals surface area contributed by atoms with Crippen LogP contribution in [0.5, 0.6) is 17.2 Å². The Balaban J connectivity index is 0.00000180. The maximum atomic E-state index is 13.9. The summed E-state index contributed by atoms with van der Waals surface area (Å²) in [5.74, 6) is 1.10. The van der Waals surface area contributed by atoms with E-state index >= 15 is 0 Å². The molecular weight excluding hydrogens is 841 g/mol. The van der Waals surface area contributed by atoms with E-state index in [-0.39, 0.29) is 61.5 Å². The van der Waals surface area contributed by atoms with Crippen LogP contribution in [0, 0.1) is 5.92 Å². The van der Waals surface area contributed by atoms with Gasteiger partial charge in [0, 0.05) is 64.1 Å². The molecule has 65 heavy (non-hydrogen) atoms. The molecule has 17 heteroatoms. The van der Waals surface area contributed by atoms with Crippen LogP contribution in [0.25, 0.3) is 0 Å². The van der Waals surface area contributed by atoms with Gasteiger partial charge in [-0.05, 0) is 60.3 Å². The van der Waals surface area contributed by atoms with Crippen molar-refractivity contribution in [3.8, 4) is 17.2 Å². The highest BCUT2D eigenvalue weighted by atomic mass is 16.6. The van der Waals surface area contributed by atoms with Crippen molar-refractivity contribution in [1.82, 2.24) is 15.5 Å². The van der Waals surface area contributed by atoms with Gasteiger partial charge in [0.2, 0.25) is 17.7 Å². The average Bonchev–Trinajstić information content (AvgIpc) is 3.25. The first-order chi connectivity index (χ1) is 31.0. The fourth-order valence-corrected chi connectivity index (χ4v) is 6.31. The molecule has 0 spiro atoms. The molecule has 0 saturated heterocycles. The first kappa shape index (κ1) is 61.0. The number of nitrogens with zero attached hydrogens (tertiary/aromatic N) is 1. The number of unbranched alkanes of at least 4 members (excludes halogenated alkanes) is 4. The number of hydrogen-bond acceptors (Lipinski definition) is 14. The second-order valence-corrected chi connectivity index (χ2v) is 16.7. The summed E-state index contributed by atoms with van der Waals surface area (Å²) in [5, 5.41) is 5.69. The molecule has 0 radical (unpaired) electrons. The third-order valence-electron chi connectivity index (χ3n) is 9.59. The molecule has 0 saturated carbocycles. The van der Waals surface area contributed by atoms with Gasteiger partial charge in [0.05, 0.1) is 79.2 Å². The smallest absolute Gasteiger partial charge is 0.306 e. The zero-order valence-electron chi connectivity index (χ0n) is 41.6. The highest BCUT2D eigenvalue weighted by Gasteiger charge is 2.27. The summed E-state index contributed by atoms with van der Waals surface area (Å²) in [6.07, 6.45) is 8.40. The molecule has 0 aliphatic heterocycles. The Morgan fingerprint density at radius 3 is 1.89 bits per heavy atom. The van der Waals surface area contributed by atoms with Crippen LogP contribution in [0.2, 0.25) is 0 Å². The predicted molar refractivity (Wildman–Crippen MR) is 251 cm³/mol. The Morgan fingerprint density at radius 1 is 0.738 bits per heavy atom. The van der Waals surface area contributed by atoms with Crippen molar-refractivity contribution in [2.75, 3.05) is 93.3 Å². The molecule has 1 aromatic carbocycles. The number of ether oxygens (including phenoxy) is 8. The zero-order chi connectivity index (χ0) is 48.9. The van der Waals surface area contributed by atoms with Crippen LogP contribution in [0.3, 0.4) is 0 Å². The summed E-state index contributed by atoms with van der Waals surface area (Å²) in [6, 6.07) is 2.75. The lowest BCUT2D eigenvalue weighted by atomic mass is 10.0. The van der Waals surface area contributed by atoms with E-state index in [0.717, 1.165) is 25.7 Å². The van der Waals surface area contributed by atoms with Crippen LogP contribution >= 0.6 is 0 Å². The molecule has 0 aliphatic rings.